The number of carbonyl (C=O) groups excluding carboxylic acids is 1. The number of rotatable bonds is 3. The van der Waals surface area contributed by atoms with E-state index in [-0.39, 0.29) is 11.3 Å². The molecule has 0 aliphatic heterocycles. The molecule has 2 rings (SSSR count). The number of hydrogen-bond donors (Lipinski definition) is 2. The fourth-order valence-corrected chi connectivity index (χ4v) is 1.70. The predicted molar refractivity (Wildman–Crippen MR) is 72.4 cm³/mol. The van der Waals surface area contributed by atoms with Crippen LogP contribution in [0.4, 0.5) is 14.5 Å². The molecule has 0 unspecified atom stereocenters. The fourth-order valence-electron chi connectivity index (χ4n) is 1.70. The quantitative estimate of drug-likeness (QED) is 0.912. The Labute approximate surface area is 119 Å². The summed E-state index contributed by atoms with van der Waals surface area (Å²) in [7, 11) is 0. The van der Waals surface area contributed by atoms with E-state index in [0.717, 1.165) is 18.2 Å². The van der Waals surface area contributed by atoms with E-state index in [2.05, 4.69) is 5.32 Å². The number of benzene rings is 2. The van der Waals surface area contributed by atoms with Crippen molar-refractivity contribution in [2.75, 3.05) is 5.32 Å². The van der Waals surface area contributed by atoms with Gasteiger partial charge in [-0.1, -0.05) is 6.07 Å². The first-order valence-corrected chi connectivity index (χ1v) is 5.99. The lowest BCUT2D eigenvalue weighted by Gasteiger charge is -2.07. The number of anilines is 1. The average Bonchev–Trinajstić information content (AvgIpc) is 2.41. The van der Waals surface area contributed by atoms with Crippen LogP contribution in [0.2, 0.25) is 0 Å². The lowest BCUT2D eigenvalue weighted by Crippen LogP contribution is -2.13. The molecule has 0 aliphatic rings. The summed E-state index contributed by atoms with van der Waals surface area (Å²) in [4.78, 5) is 22.6. The zero-order chi connectivity index (χ0) is 15.6. The third kappa shape index (κ3) is 3.22. The molecule has 0 heterocycles. The van der Waals surface area contributed by atoms with Crippen molar-refractivity contribution < 1.29 is 23.5 Å². The van der Waals surface area contributed by atoms with Crippen LogP contribution < -0.4 is 5.32 Å². The van der Waals surface area contributed by atoms with Crippen LogP contribution in [0.1, 0.15) is 26.3 Å². The molecule has 108 valence electrons. The van der Waals surface area contributed by atoms with Crippen LogP contribution in [0.15, 0.2) is 36.4 Å². The van der Waals surface area contributed by atoms with Gasteiger partial charge in [-0.25, -0.2) is 13.6 Å². The molecule has 2 aromatic rings. The zero-order valence-corrected chi connectivity index (χ0v) is 11.0. The number of aromatic carboxylic acids is 1. The van der Waals surface area contributed by atoms with Gasteiger partial charge in [0.1, 0.15) is 11.6 Å². The minimum absolute atomic E-state index is 0.0841. The summed E-state index contributed by atoms with van der Waals surface area (Å²) in [6.45, 7) is 1.57. The van der Waals surface area contributed by atoms with Gasteiger partial charge >= 0.3 is 5.97 Å². The molecule has 6 heteroatoms. The fraction of sp³-hybridized carbons (Fsp3) is 0.0667. The SMILES string of the molecule is Cc1ccc(C(=O)Nc2ccc(C(=O)O)c(F)c2)cc1F. The van der Waals surface area contributed by atoms with Crippen molar-refractivity contribution in [2.24, 2.45) is 0 Å². The van der Waals surface area contributed by atoms with E-state index in [1.165, 1.54) is 18.2 Å². The Kier molecular flexibility index (Phi) is 3.98. The van der Waals surface area contributed by atoms with Crippen LogP contribution in [0.25, 0.3) is 0 Å². The first-order chi connectivity index (χ1) is 9.88. The Balaban J connectivity index is 2.21. The van der Waals surface area contributed by atoms with E-state index in [4.69, 9.17) is 5.11 Å². The number of hydrogen-bond acceptors (Lipinski definition) is 2. The summed E-state index contributed by atoms with van der Waals surface area (Å²) >= 11 is 0. The molecule has 0 saturated carbocycles. The highest BCUT2D eigenvalue weighted by Crippen LogP contribution is 2.16. The van der Waals surface area contributed by atoms with Crippen LogP contribution in [0.3, 0.4) is 0 Å². The molecule has 1 amide bonds. The maximum Gasteiger partial charge on any atom is 0.338 e. The summed E-state index contributed by atoms with van der Waals surface area (Å²) in [5, 5.41) is 11.1. The second-order valence-corrected chi connectivity index (χ2v) is 4.42. The first kappa shape index (κ1) is 14.6. The standard InChI is InChI=1S/C15H11F2NO3/c1-8-2-3-9(6-12(8)16)14(19)18-10-4-5-11(15(20)21)13(17)7-10/h2-7H,1H3,(H,18,19)(H,20,21). The highest BCUT2D eigenvalue weighted by molar-refractivity contribution is 6.04. The summed E-state index contributed by atoms with van der Waals surface area (Å²) in [6.07, 6.45) is 0. The van der Waals surface area contributed by atoms with E-state index < -0.39 is 29.1 Å². The maximum absolute atomic E-state index is 13.5. The topological polar surface area (TPSA) is 66.4 Å². The summed E-state index contributed by atoms with van der Waals surface area (Å²) in [5.74, 6) is -3.49. The van der Waals surface area contributed by atoms with Crippen molar-refractivity contribution >= 4 is 17.6 Å². The Morgan fingerprint density at radius 1 is 1.05 bits per heavy atom. The Morgan fingerprint density at radius 2 is 1.76 bits per heavy atom. The van der Waals surface area contributed by atoms with Gasteiger partial charge in [0, 0.05) is 11.3 Å². The van der Waals surface area contributed by atoms with Gasteiger partial charge in [0.05, 0.1) is 5.56 Å². The van der Waals surface area contributed by atoms with Gasteiger partial charge < -0.3 is 10.4 Å². The molecule has 0 saturated heterocycles. The molecule has 0 aromatic heterocycles. The minimum atomic E-state index is -1.40. The van der Waals surface area contributed by atoms with Crippen LogP contribution >= 0.6 is 0 Å². The lowest BCUT2D eigenvalue weighted by atomic mass is 10.1. The van der Waals surface area contributed by atoms with Gasteiger partial charge in [0.15, 0.2) is 0 Å². The van der Waals surface area contributed by atoms with Crippen LogP contribution in [-0.2, 0) is 0 Å². The molecule has 0 aliphatic carbocycles. The van der Waals surface area contributed by atoms with Crippen LogP contribution in [-0.4, -0.2) is 17.0 Å². The zero-order valence-electron chi connectivity index (χ0n) is 11.0. The number of halogens is 2. The third-order valence-corrected chi connectivity index (χ3v) is 2.89. The van der Waals surface area contributed by atoms with Gasteiger partial charge in [0.25, 0.3) is 5.91 Å². The molecular weight excluding hydrogens is 280 g/mol. The first-order valence-electron chi connectivity index (χ1n) is 5.99. The largest absolute Gasteiger partial charge is 0.478 e. The molecule has 2 N–H and O–H groups in total. The van der Waals surface area contributed by atoms with E-state index >= 15 is 0 Å². The number of amides is 1. The average molecular weight is 291 g/mol. The maximum atomic E-state index is 13.5. The van der Waals surface area contributed by atoms with Crippen molar-refractivity contribution in [1.82, 2.24) is 0 Å². The monoisotopic (exact) mass is 291 g/mol. The van der Waals surface area contributed by atoms with E-state index in [0.29, 0.717) is 5.56 Å². The second kappa shape index (κ2) is 5.70. The number of nitrogens with one attached hydrogen (secondary N) is 1. The summed E-state index contributed by atoms with van der Waals surface area (Å²) in [5.41, 5.74) is 0.0853. The number of carboxylic acid groups (broad SMARTS) is 1. The lowest BCUT2D eigenvalue weighted by molar-refractivity contribution is 0.0692. The van der Waals surface area contributed by atoms with Gasteiger partial charge in [0.2, 0.25) is 0 Å². The molecule has 4 nitrogen and oxygen atoms in total. The number of carboxylic acids is 1. The van der Waals surface area contributed by atoms with Gasteiger partial charge in [-0.2, -0.15) is 0 Å². The molecule has 2 aromatic carbocycles. The third-order valence-electron chi connectivity index (χ3n) is 2.89. The normalized spacial score (nSPS) is 10.2. The van der Waals surface area contributed by atoms with E-state index in [9.17, 15) is 18.4 Å². The Bertz CT molecular complexity index is 729. The van der Waals surface area contributed by atoms with Gasteiger partial charge in [-0.05, 0) is 42.8 Å². The highest BCUT2D eigenvalue weighted by Gasteiger charge is 2.13. The molecule has 0 fully saturated rings. The number of carbonyl (C=O) groups is 2. The van der Waals surface area contributed by atoms with Crippen molar-refractivity contribution in [3.8, 4) is 0 Å². The molecule has 0 bridgehead atoms. The van der Waals surface area contributed by atoms with Crippen molar-refractivity contribution in [1.29, 1.82) is 0 Å². The summed E-state index contributed by atoms with van der Waals surface area (Å²) < 4.78 is 26.9. The van der Waals surface area contributed by atoms with Gasteiger partial charge in [-0.3, -0.25) is 4.79 Å². The van der Waals surface area contributed by atoms with Crippen LogP contribution in [0.5, 0.6) is 0 Å². The molecular formula is C15H11F2NO3. The van der Waals surface area contributed by atoms with E-state index in [1.54, 1.807) is 6.92 Å². The van der Waals surface area contributed by atoms with Crippen molar-refractivity contribution in [2.45, 2.75) is 6.92 Å². The van der Waals surface area contributed by atoms with Gasteiger partial charge in [-0.15, -0.1) is 0 Å². The molecule has 21 heavy (non-hydrogen) atoms. The second-order valence-electron chi connectivity index (χ2n) is 4.42. The Hall–Kier alpha value is -2.76. The van der Waals surface area contributed by atoms with Crippen molar-refractivity contribution in [3.63, 3.8) is 0 Å². The highest BCUT2D eigenvalue weighted by atomic mass is 19.1. The summed E-state index contributed by atoms with van der Waals surface area (Å²) in [6, 6.07) is 7.17. The smallest absolute Gasteiger partial charge is 0.338 e. The van der Waals surface area contributed by atoms with E-state index in [1.807, 2.05) is 0 Å². The van der Waals surface area contributed by atoms with Crippen LogP contribution in [0, 0.1) is 18.6 Å². The number of aryl methyl sites for hydroxylation is 1. The minimum Gasteiger partial charge on any atom is -0.478 e. The Morgan fingerprint density at radius 3 is 2.33 bits per heavy atom. The van der Waals surface area contributed by atoms with Crippen molar-refractivity contribution in [3.05, 3.63) is 64.7 Å². The predicted octanol–water partition coefficient (Wildman–Crippen LogP) is 3.22. The molecule has 0 atom stereocenters. The molecule has 0 radical (unpaired) electrons. The molecule has 0 spiro atoms.